The highest BCUT2D eigenvalue weighted by atomic mass is 16.4. The van der Waals surface area contributed by atoms with Crippen LogP contribution in [0.25, 0.3) is 10.9 Å². The summed E-state index contributed by atoms with van der Waals surface area (Å²) in [6, 6.07) is 8.01. The number of carboxylic acid groups (broad SMARTS) is 1. The largest absolute Gasteiger partial charge is 0.465 e. The second kappa shape index (κ2) is 5.93. The van der Waals surface area contributed by atoms with E-state index in [4.69, 9.17) is 4.98 Å². The van der Waals surface area contributed by atoms with E-state index in [-0.39, 0.29) is 6.04 Å². The Balaban J connectivity index is 2.12. The number of nitrogens with one attached hydrogen (secondary N) is 1. The number of pyridine rings is 1. The summed E-state index contributed by atoms with van der Waals surface area (Å²) in [5, 5.41) is 13.9. The summed E-state index contributed by atoms with van der Waals surface area (Å²) >= 11 is 0. The number of fused-ring (bicyclic) bond motifs is 1. The number of aromatic nitrogens is 1. The maximum absolute atomic E-state index is 11.8. The molecule has 2 heterocycles. The zero-order valence-corrected chi connectivity index (χ0v) is 13.0. The van der Waals surface area contributed by atoms with Crippen LogP contribution in [0.4, 0.5) is 10.5 Å². The van der Waals surface area contributed by atoms with Gasteiger partial charge >= 0.3 is 6.09 Å². The van der Waals surface area contributed by atoms with E-state index in [0.29, 0.717) is 12.2 Å². The van der Waals surface area contributed by atoms with Crippen molar-refractivity contribution in [2.24, 2.45) is 0 Å². The van der Waals surface area contributed by atoms with Crippen LogP contribution in [-0.4, -0.2) is 35.3 Å². The average Bonchev–Trinajstić information content (AvgIpc) is 3.01. The molecule has 1 saturated heterocycles. The predicted octanol–water partition coefficient (Wildman–Crippen LogP) is 2.95. The number of nitrogens with zero attached hydrogens (tertiary/aromatic N) is 2. The molecule has 5 heteroatoms. The summed E-state index contributed by atoms with van der Waals surface area (Å²) in [4.78, 5) is 17.9. The maximum atomic E-state index is 11.8. The van der Waals surface area contributed by atoms with Crippen LogP contribution in [0.1, 0.15) is 24.6 Å². The molecule has 1 amide bonds. The minimum absolute atomic E-state index is 0.0233. The molecule has 0 saturated carbocycles. The molecule has 1 aromatic heterocycles. The Morgan fingerprint density at radius 2 is 2.32 bits per heavy atom. The number of aryl methyl sites for hydroxylation is 2. The van der Waals surface area contributed by atoms with E-state index in [9.17, 15) is 9.90 Å². The van der Waals surface area contributed by atoms with Crippen LogP contribution in [0.2, 0.25) is 0 Å². The van der Waals surface area contributed by atoms with E-state index in [1.165, 1.54) is 10.5 Å². The van der Waals surface area contributed by atoms with E-state index in [1.807, 2.05) is 25.1 Å². The number of benzene rings is 1. The summed E-state index contributed by atoms with van der Waals surface area (Å²) in [5.74, 6) is 0. The molecule has 1 fully saturated rings. The molecular weight excluding hydrogens is 278 g/mol. The van der Waals surface area contributed by atoms with Crippen molar-refractivity contribution < 1.29 is 9.90 Å². The molecule has 1 aliphatic heterocycles. The standard InChI is InChI=1S/C17H21N3O2/c1-3-12-5-4-6-13-9-15(11(2)19-16(12)13)20(17(21)22)14-7-8-18-10-14/h4-6,9,14,18H,3,7-8,10H2,1-2H3,(H,21,22). The minimum atomic E-state index is -0.912. The van der Waals surface area contributed by atoms with Crippen LogP contribution < -0.4 is 10.2 Å². The van der Waals surface area contributed by atoms with Crippen molar-refractivity contribution in [3.8, 4) is 0 Å². The van der Waals surface area contributed by atoms with Crippen molar-refractivity contribution in [1.29, 1.82) is 0 Å². The van der Waals surface area contributed by atoms with Crippen molar-refractivity contribution >= 4 is 22.7 Å². The van der Waals surface area contributed by atoms with Gasteiger partial charge in [0.1, 0.15) is 0 Å². The van der Waals surface area contributed by atoms with Crippen LogP contribution in [0.3, 0.4) is 0 Å². The first kappa shape index (κ1) is 14.8. The van der Waals surface area contributed by atoms with Crippen LogP contribution in [0, 0.1) is 6.92 Å². The monoisotopic (exact) mass is 299 g/mol. The van der Waals surface area contributed by atoms with E-state index in [2.05, 4.69) is 18.3 Å². The molecule has 1 aromatic carbocycles. The Morgan fingerprint density at radius 1 is 1.50 bits per heavy atom. The smallest absolute Gasteiger partial charge is 0.412 e. The maximum Gasteiger partial charge on any atom is 0.412 e. The van der Waals surface area contributed by atoms with E-state index in [1.54, 1.807) is 0 Å². The molecule has 3 rings (SSSR count). The predicted molar refractivity (Wildman–Crippen MR) is 87.6 cm³/mol. The number of anilines is 1. The fourth-order valence-corrected chi connectivity index (χ4v) is 3.19. The molecule has 1 unspecified atom stereocenters. The molecule has 0 bridgehead atoms. The summed E-state index contributed by atoms with van der Waals surface area (Å²) in [5.41, 5.74) is 3.63. The molecule has 1 aliphatic rings. The fourth-order valence-electron chi connectivity index (χ4n) is 3.19. The van der Waals surface area contributed by atoms with Gasteiger partial charge in [0, 0.05) is 11.9 Å². The molecule has 0 spiro atoms. The highest BCUT2D eigenvalue weighted by Gasteiger charge is 2.29. The Labute approximate surface area is 130 Å². The Morgan fingerprint density at radius 3 is 2.95 bits per heavy atom. The lowest BCUT2D eigenvalue weighted by molar-refractivity contribution is 0.199. The van der Waals surface area contributed by atoms with Gasteiger partial charge in [-0.25, -0.2) is 4.79 Å². The fraction of sp³-hybridized carbons (Fsp3) is 0.412. The van der Waals surface area contributed by atoms with E-state index >= 15 is 0 Å². The number of para-hydroxylation sites is 1. The summed E-state index contributed by atoms with van der Waals surface area (Å²) in [6.45, 7) is 5.54. The van der Waals surface area contributed by atoms with Gasteiger partial charge in [-0.2, -0.15) is 0 Å². The topological polar surface area (TPSA) is 65.5 Å². The molecule has 5 nitrogen and oxygen atoms in total. The van der Waals surface area contributed by atoms with Gasteiger partial charge in [-0.1, -0.05) is 25.1 Å². The number of carbonyl (C=O) groups is 1. The molecule has 116 valence electrons. The first-order valence-corrected chi connectivity index (χ1v) is 7.74. The summed E-state index contributed by atoms with van der Waals surface area (Å²) < 4.78 is 0. The van der Waals surface area contributed by atoms with Crippen molar-refractivity contribution in [2.45, 2.75) is 32.7 Å². The van der Waals surface area contributed by atoms with Gasteiger partial charge < -0.3 is 10.4 Å². The number of amides is 1. The average molecular weight is 299 g/mol. The van der Waals surface area contributed by atoms with E-state index in [0.717, 1.165) is 36.0 Å². The molecule has 2 aromatic rings. The normalized spacial score (nSPS) is 17.8. The molecule has 1 atom stereocenters. The van der Waals surface area contributed by atoms with Gasteiger partial charge in [0.15, 0.2) is 0 Å². The Bertz CT molecular complexity index is 708. The number of hydrogen-bond donors (Lipinski definition) is 2. The third-order valence-corrected chi connectivity index (χ3v) is 4.34. The molecule has 0 radical (unpaired) electrons. The molecule has 2 N–H and O–H groups in total. The minimum Gasteiger partial charge on any atom is -0.465 e. The van der Waals surface area contributed by atoms with Crippen LogP contribution >= 0.6 is 0 Å². The quantitative estimate of drug-likeness (QED) is 0.914. The SMILES string of the molecule is CCc1cccc2cc(N(C(=O)O)C3CCNC3)c(C)nc12. The van der Waals surface area contributed by atoms with Crippen LogP contribution in [0.15, 0.2) is 24.3 Å². The lowest BCUT2D eigenvalue weighted by atomic mass is 10.1. The third kappa shape index (κ3) is 2.52. The first-order chi connectivity index (χ1) is 10.6. The van der Waals surface area contributed by atoms with Crippen LogP contribution in [0.5, 0.6) is 0 Å². The van der Waals surface area contributed by atoms with Gasteiger partial charge in [0.2, 0.25) is 0 Å². The van der Waals surface area contributed by atoms with Crippen molar-refractivity contribution in [3.63, 3.8) is 0 Å². The lowest BCUT2D eigenvalue weighted by Crippen LogP contribution is -2.41. The first-order valence-electron chi connectivity index (χ1n) is 7.74. The number of rotatable bonds is 3. The Hall–Kier alpha value is -2.14. The highest BCUT2D eigenvalue weighted by Crippen LogP contribution is 2.29. The molecular formula is C17H21N3O2. The molecule has 0 aliphatic carbocycles. The van der Waals surface area contributed by atoms with Crippen LogP contribution in [-0.2, 0) is 6.42 Å². The third-order valence-electron chi connectivity index (χ3n) is 4.34. The van der Waals surface area contributed by atoms with Gasteiger partial charge in [0.05, 0.1) is 22.9 Å². The van der Waals surface area contributed by atoms with Crippen molar-refractivity contribution in [1.82, 2.24) is 10.3 Å². The summed E-state index contributed by atoms with van der Waals surface area (Å²) in [7, 11) is 0. The van der Waals surface area contributed by atoms with Gasteiger partial charge in [-0.15, -0.1) is 0 Å². The van der Waals surface area contributed by atoms with E-state index < -0.39 is 6.09 Å². The zero-order chi connectivity index (χ0) is 15.7. The number of hydrogen-bond acceptors (Lipinski definition) is 3. The zero-order valence-electron chi connectivity index (χ0n) is 13.0. The van der Waals surface area contributed by atoms with Gasteiger partial charge in [-0.3, -0.25) is 9.88 Å². The van der Waals surface area contributed by atoms with Gasteiger partial charge in [-0.05, 0) is 37.9 Å². The van der Waals surface area contributed by atoms with Crippen molar-refractivity contribution in [3.05, 3.63) is 35.5 Å². The lowest BCUT2D eigenvalue weighted by Gasteiger charge is -2.27. The van der Waals surface area contributed by atoms with Gasteiger partial charge in [0.25, 0.3) is 0 Å². The summed E-state index contributed by atoms with van der Waals surface area (Å²) in [6.07, 6.45) is 0.835. The second-order valence-corrected chi connectivity index (χ2v) is 5.73. The highest BCUT2D eigenvalue weighted by molar-refractivity contribution is 5.92. The second-order valence-electron chi connectivity index (χ2n) is 5.73. The van der Waals surface area contributed by atoms with Crippen molar-refractivity contribution in [2.75, 3.05) is 18.0 Å². The Kier molecular flexibility index (Phi) is 3.98. The molecule has 22 heavy (non-hydrogen) atoms.